The Morgan fingerprint density at radius 1 is 1.12 bits per heavy atom. The molecule has 1 N–H and O–H groups in total. The Labute approximate surface area is 163 Å². The van der Waals surface area contributed by atoms with Crippen LogP contribution in [0.25, 0.3) is 11.1 Å². The molecule has 132 valence electrons. The summed E-state index contributed by atoms with van der Waals surface area (Å²) < 4.78 is 6.02. The number of benzene rings is 2. The fraction of sp³-hybridized carbons (Fsp3) is 0.100. The molecule has 1 amide bonds. The molecule has 26 heavy (non-hydrogen) atoms. The molecule has 2 aromatic carbocycles. The Hall–Kier alpha value is -2.44. The van der Waals surface area contributed by atoms with Gasteiger partial charge in [-0.15, -0.1) is 11.3 Å². The van der Waals surface area contributed by atoms with Gasteiger partial charge in [-0.2, -0.15) is 0 Å². The second-order valence-electron chi connectivity index (χ2n) is 5.40. The minimum Gasteiger partial charge on any atom is -0.462 e. The Balaban J connectivity index is 1.98. The highest BCUT2D eigenvalue weighted by molar-refractivity contribution is 9.10. The van der Waals surface area contributed by atoms with Crippen LogP contribution in [0.3, 0.4) is 0 Å². The van der Waals surface area contributed by atoms with Gasteiger partial charge in [-0.1, -0.05) is 52.3 Å². The maximum absolute atomic E-state index is 12.6. The lowest BCUT2D eigenvalue weighted by atomic mass is 10.0. The molecule has 0 aliphatic rings. The third-order valence-corrected chi connectivity index (χ3v) is 5.06. The number of nitrogens with one attached hydrogen (secondary N) is 1. The van der Waals surface area contributed by atoms with E-state index >= 15 is 0 Å². The van der Waals surface area contributed by atoms with E-state index in [-0.39, 0.29) is 12.5 Å². The van der Waals surface area contributed by atoms with Crippen molar-refractivity contribution in [3.8, 4) is 11.1 Å². The molecule has 0 saturated carbocycles. The molecule has 0 bridgehead atoms. The van der Waals surface area contributed by atoms with Crippen molar-refractivity contribution in [3.05, 3.63) is 75.6 Å². The number of ether oxygens (including phenoxy) is 1. The quantitative estimate of drug-likeness (QED) is 0.536. The minimum absolute atomic E-state index is 0.266. The second-order valence-corrected chi connectivity index (χ2v) is 7.20. The lowest BCUT2D eigenvalue weighted by molar-refractivity contribution is 0.0529. The summed E-state index contributed by atoms with van der Waals surface area (Å²) in [5.74, 6) is -0.726. The number of halogens is 1. The highest BCUT2D eigenvalue weighted by Crippen LogP contribution is 2.36. The normalized spacial score (nSPS) is 10.4. The number of thiophene rings is 1. The summed E-state index contributed by atoms with van der Waals surface area (Å²) in [5.41, 5.74) is 2.53. The molecule has 6 heteroatoms. The van der Waals surface area contributed by atoms with Crippen LogP contribution in [0.1, 0.15) is 27.6 Å². The van der Waals surface area contributed by atoms with Gasteiger partial charge in [0.05, 0.1) is 6.61 Å². The molecule has 0 unspecified atom stereocenters. The van der Waals surface area contributed by atoms with Gasteiger partial charge < -0.3 is 10.1 Å². The van der Waals surface area contributed by atoms with Gasteiger partial charge in [-0.3, -0.25) is 4.79 Å². The predicted octanol–water partition coefficient (Wildman–Crippen LogP) is 5.61. The Morgan fingerprint density at radius 2 is 1.88 bits per heavy atom. The van der Waals surface area contributed by atoms with Crippen LogP contribution >= 0.6 is 27.3 Å². The van der Waals surface area contributed by atoms with E-state index in [1.54, 1.807) is 25.1 Å². The van der Waals surface area contributed by atoms with E-state index in [4.69, 9.17) is 4.74 Å². The smallest absolute Gasteiger partial charge is 0.341 e. The third kappa shape index (κ3) is 4.03. The molecule has 1 aromatic heterocycles. The summed E-state index contributed by atoms with van der Waals surface area (Å²) in [6.45, 7) is 2.02. The maximum Gasteiger partial charge on any atom is 0.341 e. The molecule has 0 radical (unpaired) electrons. The Bertz CT molecular complexity index is 937. The van der Waals surface area contributed by atoms with E-state index in [0.29, 0.717) is 16.1 Å². The van der Waals surface area contributed by atoms with Crippen molar-refractivity contribution in [3.63, 3.8) is 0 Å². The van der Waals surface area contributed by atoms with Gasteiger partial charge in [0.2, 0.25) is 0 Å². The molecule has 0 spiro atoms. The van der Waals surface area contributed by atoms with Crippen LogP contribution in [0.5, 0.6) is 0 Å². The largest absolute Gasteiger partial charge is 0.462 e. The molecule has 3 aromatic rings. The highest BCUT2D eigenvalue weighted by atomic mass is 79.9. The van der Waals surface area contributed by atoms with Crippen LogP contribution in [0, 0.1) is 0 Å². The minimum atomic E-state index is -0.447. The fourth-order valence-electron chi connectivity index (χ4n) is 2.49. The number of rotatable bonds is 5. The van der Waals surface area contributed by atoms with E-state index in [2.05, 4.69) is 21.2 Å². The van der Waals surface area contributed by atoms with Gasteiger partial charge in [-0.05, 0) is 30.7 Å². The zero-order valence-corrected chi connectivity index (χ0v) is 16.4. The molecule has 0 aliphatic carbocycles. The lowest BCUT2D eigenvalue weighted by Crippen LogP contribution is -2.14. The monoisotopic (exact) mass is 429 g/mol. The number of anilines is 1. The van der Waals surface area contributed by atoms with Gasteiger partial charge in [-0.25, -0.2) is 4.79 Å². The first-order chi connectivity index (χ1) is 12.6. The number of carbonyl (C=O) groups excluding carboxylic acids is 2. The number of hydrogen-bond donors (Lipinski definition) is 1. The second kappa shape index (κ2) is 8.29. The van der Waals surface area contributed by atoms with Crippen LogP contribution in [0.15, 0.2) is 64.5 Å². The summed E-state index contributed by atoms with van der Waals surface area (Å²) in [6, 6.07) is 16.6. The molecule has 0 saturated heterocycles. The van der Waals surface area contributed by atoms with E-state index in [1.807, 2.05) is 41.8 Å². The van der Waals surface area contributed by atoms with E-state index in [9.17, 15) is 9.59 Å². The fourth-order valence-corrected chi connectivity index (χ4v) is 3.84. The van der Waals surface area contributed by atoms with Crippen LogP contribution in [-0.4, -0.2) is 18.5 Å². The van der Waals surface area contributed by atoms with E-state index < -0.39 is 5.97 Å². The molecule has 0 atom stereocenters. The molecule has 0 fully saturated rings. The summed E-state index contributed by atoms with van der Waals surface area (Å²) in [7, 11) is 0. The summed E-state index contributed by atoms with van der Waals surface area (Å²) >= 11 is 4.67. The summed E-state index contributed by atoms with van der Waals surface area (Å²) in [5, 5.41) is 5.18. The van der Waals surface area contributed by atoms with Gasteiger partial charge in [0.15, 0.2) is 0 Å². The van der Waals surface area contributed by atoms with Crippen LogP contribution in [0.2, 0.25) is 0 Å². The average Bonchev–Trinajstić information content (AvgIpc) is 3.06. The molecule has 0 aliphatic heterocycles. The van der Waals surface area contributed by atoms with Gasteiger partial charge >= 0.3 is 5.97 Å². The zero-order chi connectivity index (χ0) is 18.5. The summed E-state index contributed by atoms with van der Waals surface area (Å²) in [6.07, 6.45) is 0. The average molecular weight is 430 g/mol. The lowest BCUT2D eigenvalue weighted by Gasteiger charge is -2.09. The van der Waals surface area contributed by atoms with Crippen molar-refractivity contribution in [1.82, 2.24) is 0 Å². The number of carbonyl (C=O) groups is 2. The van der Waals surface area contributed by atoms with Crippen molar-refractivity contribution in [2.75, 3.05) is 11.9 Å². The standard InChI is InChI=1S/C20H16BrNO3S/c1-2-25-20(24)17-16(13-7-4-3-5-8-13)12-26-19(17)22-18(23)14-9-6-10-15(21)11-14/h3-12H,2H2,1H3,(H,22,23). The van der Waals surface area contributed by atoms with Gasteiger partial charge in [0.1, 0.15) is 10.6 Å². The van der Waals surface area contributed by atoms with Crippen molar-refractivity contribution < 1.29 is 14.3 Å². The topological polar surface area (TPSA) is 55.4 Å². The molecule has 4 nitrogen and oxygen atoms in total. The van der Waals surface area contributed by atoms with Gasteiger partial charge in [0.25, 0.3) is 5.91 Å². The van der Waals surface area contributed by atoms with E-state index in [1.165, 1.54) is 11.3 Å². The van der Waals surface area contributed by atoms with Crippen LogP contribution < -0.4 is 5.32 Å². The predicted molar refractivity (Wildman–Crippen MR) is 108 cm³/mol. The van der Waals surface area contributed by atoms with Crippen LogP contribution in [0.4, 0.5) is 5.00 Å². The van der Waals surface area contributed by atoms with Crippen molar-refractivity contribution in [2.24, 2.45) is 0 Å². The third-order valence-electron chi connectivity index (χ3n) is 3.67. The molecule has 3 rings (SSSR count). The molecular formula is C20H16BrNO3S. The first kappa shape index (κ1) is 18.4. The number of hydrogen-bond acceptors (Lipinski definition) is 4. The SMILES string of the molecule is CCOC(=O)c1c(-c2ccccc2)csc1NC(=O)c1cccc(Br)c1. The van der Waals surface area contributed by atoms with Crippen LogP contribution in [-0.2, 0) is 4.74 Å². The van der Waals surface area contributed by atoms with Gasteiger partial charge in [0, 0.05) is 21.0 Å². The zero-order valence-electron chi connectivity index (χ0n) is 14.0. The van der Waals surface area contributed by atoms with Crippen molar-refractivity contribution in [2.45, 2.75) is 6.92 Å². The van der Waals surface area contributed by atoms with E-state index in [0.717, 1.165) is 15.6 Å². The first-order valence-corrected chi connectivity index (χ1v) is 9.68. The highest BCUT2D eigenvalue weighted by Gasteiger charge is 2.23. The maximum atomic E-state index is 12.6. The van der Waals surface area contributed by atoms with Crippen molar-refractivity contribution >= 4 is 44.1 Å². The molecular weight excluding hydrogens is 414 g/mol. The number of amides is 1. The summed E-state index contributed by atoms with van der Waals surface area (Å²) in [4.78, 5) is 25.1. The van der Waals surface area contributed by atoms with Crippen molar-refractivity contribution in [1.29, 1.82) is 0 Å². The molecule has 1 heterocycles. The Kier molecular flexibility index (Phi) is 5.85. The Morgan fingerprint density at radius 3 is 2.58 bits per heavy atom. The first-order valence-electron chi connectivity index (χ1n) is 8.01. The number of esters is 1.